The van der Waals surface area contributed by atoms with Crippen LogP contribution in [0.5, 0.6) is 0 Å². The summed E-state index contributed by atoms with van der Waals surface area (Å²) in [4.78, 5) is 25.1. The number of carbonyl (C=O) groups is 2. The normalized spacial score (nSPS) is 12.7. The van der Waals surface area contributed by atoms with E-state index < -0.39 is 0 Å². The third-order valence-corrected chi connectivity index (χ3v) is 3.17. The van der Waals surface area contributed by atoms with Gasteiger partial charge >= 0.3 is 0 Å². The zero-order valence-corrected chi connectivity index (χ0v) is 11.8. The fourth-order valence-electron chi connectivity index (χ4n) is 2.07. The molecule has 0 atom stereocenters. The van der Waals surface area contributed by atoms with Crippen molar-refractivity contribution in [3.63, 3.8) is 0 Å². The van der Waals surface area contributed by atoms with Crippen molar-refractivity contribution < 1.29 is 9.59 Å². The minimum Gasteiger partial charge on any atom is -0.382 e. The first-order chi connectivity index (χ1) is 9.59. The molecule has 1 heterocycles. The van der Waals surface area contributed by atoms with Gasteiger partial charge in [-0.1, -0.05) is 6.07 Å². The topological polar surface area (TPSA) is 73.5 Å². The summed E-state index contributed by atoms with van der Waals surface area (Å²) in [6.07, 6.45) is 0.305. The Morgan fingerprint density at radius 3 is 2.75 bits per heavy atom. The second kappa shape index (κ2) is 6.27. The summed E-state index contributed by atoms with van der Waals surface area (Å²) in [5, 5.41) is 9.26. The lowest BCUT2D eigenvalue weighted by molar-refractivity contribution is -0.128. The summed E-state index contributed by atoms with van der Waals surface area (Å²) in [5.41, 5.74) is 2.37. The van der Waals surface area contributed by atoms with Gasteiger partial charge < -0.3 is 20.9 Å². The maximum Gasteiger partial charge on any atom is 0.253 e. The molecule has 1 aliphatic heterocycles. The van der Waals surface area contributed by atoms with Crippen LogP contribution in [0.2, 0.25) is 0 Å². The first-order valence-corrected chi connectivity index (χ1v) is 6.68. The highest BCUT2D eigenvalue weighted by molar-refractivity contribution is 6.02. The van der Waals surface area contributed by atoms with Gasteiger partial charge in [-0.2, -0.15) is 0 Å². The maximum atomic E-state index is 12.2. The number of nitrogens with one attached hydrogen (secondary N) is 3. The van der Waals surface area contributed by atoms with Crippen LogP contribution < -0.4 is 16.0 Å². The van der Waals surface area contributed by atoms with E-state index in [2.05, 4.69) is 16.0 Å². The molecule has 2 rings (SSSR count). The Kier molecular flexibility index (Phi) is 4.45. The third kappa shape index (κ3) is 3.20. The van der Waals surface area contributed by atoms with Gasteiger partial charge in [0.2, 0.25) is 5.91 Å². The van der Waals surface area contributed by atoms with Crippen LogP contribution in [0.4, 0.5) is 11.4 Å². The molecule has 0 unspecified atom stereocenters. The van der Waals surface area contributed by atoms with Gasteiger partial charge in [0.15, 0.2) is 0 Å². The Balaban J connectivity index is 1.98. The molecule has 0 fully saturated rings. The number of hydrogen-bond acceptors (Lipinski definition) is 4. The van der Waals surface area contributed by atoms with Crippen LogP contribution in [-0.2, 0) is 4.79 Å². The fraction of sp³-hybridized carbons (Fsp3) is 0.429. The number of carbonyl (C=O) groups excluding carboxylic acids is 2. The lowest BCUT2D eigenvalue weighted by Gasteiger charge is -2.22. The third-order valence-electron chi connectivity index (χ3n) is 3.17. The highest BCUT2D eigenvalue weighted by atomic mass is 16.2. The summed E-state index contributed by atoms with van der Waals surface area (Å²) in [6.45, 7) is 1.97. The smallest absolute Gasteiger partial charge is 0.253 e. The lowest BCUT2D eigenvalue weighted by atomic mass is 10.1. The van der Waals surface area contributed by atoms with E-state index in [-0.39, 0.29) is 11.8 Å². The van der Waals surface area contributed by atoms with E-state index in [9.17, 15) is 9.59 Å². The number of rotatable bonds is 4. The quantitative estimate of drug-likeness (QED) is 0.758. The van der Waals surface area contributed by atoms with E-state index in [1.807, 2.05) is 12.1 Å². The van der Waals surface area contributed by atoms with Gasteiger partial charge in [0, 0.05) is 40.2 Å². The Labute approximate surface area is 118 Å². The molecule has 1 aromatic carbocycles. The molecule has 3 N–H and O–H groups in total. The molecule has 0 aliphatic carbocycles. The first-order valence-electron chi connectivity index (χ1n) is 6.68. The van der Waals surface area contributed by atoms with Gasteiger partial charge in [-0.25, -0.2) is 0 Å². The van der Waals surface area contributed by atoms with Crippen molar-refractivity contribution in [3.05, 3.63) is 23.8 Å². The van der Waals surface area contributed by atoms with Crippen LogP contribution in [0.15, 0.2) is 18.2 Å². The molecule has 0 spiro atoms. The molecule has 6 heteroatoms. The number of anilines is 2. The van der Waals surface area contributed by atoms with Crippen molar-refractivity contribution in [1.82, 2.24) is 10.2 Å². The Morgan fingerprint density at radius 1 is 1.25 bits per heavy atom. The standard InChI is InChI=1S/C14H20N4O2/c1-18(2)12(19)6-7-17-14(20)10-4-3-5-11-13(10)16-9-8-15-11/h3-5,15-16H,6-9H2,1-2H3,(H,17,20). The number of hydrogen-bond donors (Lipinski definition) is 3. The van der Waals surface area contributed by atoms with Gasteiger partial charge in [-0.3, -0.25) is 9.59 Å². The van der Waals surface area contributed by atoms with E-state index in [0.717, 1.165) is 24.5 Å². The Hall–Kier alpha value is -2.24. The van der Waals surface area contributed by atoms with E-state index in [4.69, 9.17) is 0 Å². The average molecular weight is 276 g/mol. The first kappa shape index (κ1) is 14.2. The predicted molar refractivity (Wildman–Crippen MR) is 79.1 cm³/mol. The minimum atomic E-state index is -0.162. The fourth-order valence-corrected chi connectivity index (χ4v) is 2.07. The summed E-state index contributed by atoms with van der Waals surface area (Å²) in [5.74, 6) is -0.162. The SMILES string of the molecule is CN(C)C(=O)CCNC(=O)c1cccc2c1NCCN2. The largest absolute Gasteiger partial charge is 0.382 e. The molecular formula is C14H20N4O2. The van der Waals surface area contributed by atoms with Crippen molar-refractivity contribution in [1.29, 1.82) is 0 Å². The molecule has 0 saturated heterocycles. The number of nitrogens with zero attached hydrogens (tertiary/aromatic N) is 1. The van der Waals surface area contributed by atoms with Gasteiger partial charge in [0.05, 0.1) is 16.9 Å². The van der Waals surface area contributed by atoms with E-state index in [1.54, 1.807) is 20.2 Å². The molecule has 0 bridgehead atoms. The second-order valence-corrected chi connectivity index (χ2v) is 4.88. The van der Waals surface area contributed by atoms with Gasteiger partial charge in [-0.05, 0) is 12.1 Å². The summed E-state index contributed by atoms with van der Waals surface area (Å²) < 4.78 is 0. The molecule has 2 amide bonds. The predicted octanol–water partition coefficient (Wildman–Crippen LogP) is 0.732. The van der Waals surface area contributed by atoms with E-state index >= 15 is 0 Å². The van der Waals surface area contributed by atoms with Crippen LogP contribution in [-0.4, -0.2) is 50.4 Å². The number of benzene rings is 1. The monoisotopic (exact) mass is 276 g/mol. The van der Waals surface area contributed by atoms with Crippen molar-refractivity contribution in [3.8, 4) is 0 Å². The second-order valence-electron chi connectivity index (χ2n) is 4.88. The summed E-state index contributed by atoms with van der Waals surface area (Å²) >= 11 is 0. The minimum absolute atomic E-state index is 0.000169. The molecule has 1 aliphatic rings. The Morgan fingerprint density at radius 2 is 2.00 bits per heavy atom. The van der Waals surface area contributed by atoms with Crippen LogP contribution in [0, 0.1) is 0 Å². The number of para-hydroxylation sites is 1. The maximum absolute atomic E-state index is 12.2. The van der Waals surface area contributed by atoms with Gasteiger partial charge in [-0.15, -0.1) is 0 Å². The molecule has 108 valence electrons. The van der Waals surface area contributed by atoms with Gasteiger partial charge in [0.1, 0.15) is 0 Å². The summed E-state index contributed by atoms with van der Waals surface area (Å²) in [7, 11) is 3.40. The molecule has 20 heavy (non-hydrogen) atoms. The zero-order chi connectivity index (χ0) is 14.5. The molecule has 1 aromatic rings. The van der Waals surface area contributed by atoms with E-state index in [0.29, 0.717) is 18.5 Å². The average Bonchev–Trinajstić information content (AvgIpc) is 2.46. The molecule has 0 aromatic heterocycles. The Bertz CT molecular complexity index is 514. The highest BCUT2D eigenvalue weighted by Crippen LogP contribution is 2.28. The van der Waals surface area contributed by atoms with E-state index in [1.165, 1.54) is 4.90 Å². The highest BCUT2D eigenvalue weighted by Gasteiger charge is 2.17. The van der Waals surface area contributed by atoms with Crippen molar-refractivity contribution in [2.45, 2.75) is 6.42 Å². The zero-order valence-electron chi connectivity index (χ0n) is 11.8. The van der Waals surface area contributed by atoms with Crippen LogP contribution in [0.1, 0.15) is 16.8 Å². The van der Waals surface area contributed by atoms with Gasteiger partial charge in [0.25, 0.3) is 5.91 Å². The lowest BCUT2D eigenvalue weighted by Crippen LogP contribution is -2.31. The molecule has 0 saturated carbocycles. The van der Waals surface area contributed by atoms with Crippen molar-refractivity contribution in [2.75, 3.05) is 44.4 Å². The molecule has 6 nitrogen and oxygen atoms in total. The van der Waals surface area contributed by atoms with Crippen molar-refractivity contribution in [2.24, 2.45) is 0 Å². The number of fused-ring (bicyclic) bond motifs is 1. The van der Waals surface area contributed by atoms with Crippen LogP contribution in [0.3, 0.4) is 0 Å². The number of amides is 2. The van der Waals surface area contributed by atoms with Crippen molar-refractivity contribution >= 4 is 23.2 Å². The van der Waals surface area contributed by atoms with Crippen LogP contribution >= 0.6 is 0 Å². The summed E-state index contributed by atoms with van der Waals surface area (Å²) in [6, 6.07) is 5.56. The van der Waals surface area contributed by atoms with Crippen LogP contribution in [0.25, 0.3) is 0 Å². The molecular weight excluding hydrogens is 256 g/mol. The molecule has 0 radical (unpaired) electrons.